The number of hydrogen-bond donors (Lipinski definition) is 1. The SMILES string of the molecule is CNC1CCCc2sc(C3CCC(C)CC3)nc21. The van der Waals surface area contributed by atoms with Gasteiger partial charge in [-0.3, -0.25) is 0 Å². The first-order valence-corrected chi connectivity index (χ1v) is 8.26. The quantitative estimate of drug-likeness (QED) is 0.872. The van der Waals surface area contributed by atoms with Crippen LogP contribution in [-0.4, -0.2) is 12.0 Å². The lowest BCUT2D eigenvalue weighted by molar-refractivity contribution is 0.346. The van der Waals surface area contributed by atoms with Gasteiger partial charge in [0, 0.05) is 10.8 Å². The molecule has 1 aromatic rings. The molecule has 0 aliphatic heterocycles. The molecule has 1 N–H and O–H groups in total. The van der Waals surface area contributed by atoms with E-state index in [0.29, 0.717) is 6.04 Å². The molecule has 2 aliphatic rings. The highest BCUT2D eigenvalue weighted by atomic mass is 32.1. The molecular weight excluding hydrogens is 240 g/mol. The lowest BCUT2D eigenvalue weighted by Crippen LogP contribution is -2.21. The number of thiazole rings is 1. The first-order valence-electron chi connectivity index (χ1n) is 7.44. The maximum absolute atomic E-state index is 5.01. The van der Waals surface area contributed by atoms with Crippen molar-refractivity contribution in [3.8, 4) is 0 Å². The molecule has 1 heterocycles. The minimum absolute atomic E-state index is 0.515. The van der Waals surface area contributed by atoms with Gasteiger partial charge in [-0.1, -0.05) is 19.8 Å². The molecule has 0 amide bonds. The van der Waals surface area contributed by atoms with E-state index in [-0.39, 0.29) is 0 Å². The van der Waals surface area contributed by atoms with Crippen molar-refractivity contribution in [3.63, 3.8) is 0 Å². The molecule has 0 spiro atoms. The van der Waals surface area contributed by atoms with Crippen molar-refractivity contribution in [2.24, 2.45) is 5.92 Å². The summed E-state index contributed by atoms with van der Waals surface area (Å²) in [7, 11) is 2.07. The molecule has 0 bridgehead atoms. The lowest BCUT2D eigenvalue weighted by Gasteiger charge is -2.24. The smallest absolute Gasteiger partial charge is 0.0962 e. The van der Waals surface area contributed by atoms with Gasteiger partial charge in [0.05, 0.1) is 16.7 Å². The first kappa shape index (κ1) is 12.6. The summed E-state index contributed by atoms with van der Waals surface area (Å²) in [5.74, 6) is 1.69. The molecule has 2 aliphatic carbocycles. The van der Waals surface area contributed by atoms with Gasteiger partial charge in [-0.05, 0) is 45.1 Å². The molecule has 0 saturated heterocycles. The third-order valence-corrected chi connectivity index (χ3v) is 5.98. The Morgan fingerprint density at radius 1 is 1.17 bits per heavy atom. The van der Waals surface area contributed by atoms with E-state index in [1.54, 1.807) is 4.88 Å². The molecule has 0 aromatic carbocycles. The van der Waals surface area contributed by atoms with Gasteiger partial charge in [0.2, 0.25) is 0 Å². The number of fused-ring (bicyclic) bond motifs is 1. The van der Waals surface area contributed by atoms with E-state index in [1.165, 1.54) is 55.6 Å². The van der Waals surface area contributed by atoms with Crippen molar-refractivity contribution < 1.29 is 0 Å². The summed E-state index contributed by atoms with van der Waals surface area (Å²) in [6, 6.07) is 0.515. The topological polar surface area (TPSA) is 24.9 Å². The second kappa shape index (κ2) is 5.30. The largest absolute Gasteiger partial charge is 0.312 e. The molecular formula is C15H24N2S. The summed E-state index contributed by atoms with van der Waals surface area (Å²) >= 11 is 2.01. The molecule has 3 rings (SSSR count). The minimum Gasteiger partial charge on any atom is -0.312 e. The summed E-state index contributed by atoms with van der Waals surface area (Å²) in [5, 5.41) is 4.87. The Hall–Kier alpha value is -0.410. The van der Waals surface area contributed by atoms with Crippen LogP contribution < -0.4 is 5.32 Å². The average Bonchev–Trinajstić information content (AvgIpc) is 2.83. The van der Waals surface area contributed by atoms with Gasteiger partial charge in [0.1, 0.15) is 0 Å². The van der Waals surface area contributed by atoms with Crippen LogP contribution in [0, 0.1) is 5.92 Å². The molecule has 18 heavy (non-hydrogen) atoms. The zero-order valence-electron chi connectivity index (χ0n) is 11.5. The Balaban J connectivity index is 1.80. The van der Waals surface area contributed by atoms with Crippen LogP contribution in [0.5, 0.6) is 0 Å². The maximum Gasteiger partial charge on any atom is 0.0962 e. The average molecular weight is 264 g/mol. The lowest BCUT2D eigenvalue weighted by atomic mass is 9.83. The Morgan fingerprint density at radius 3 is 2.67 bits per heavy atom. The summed E-state index contributed by atoms with van der Waals surface area (Å²) in [5.41, 5.74) is 1.38. The Bertz CT molecular complexity index is 405. The molecule has 1 unspecified atom stereocenters. The van der Waals surface area contributed by atoms with Gasteiger partial charge < -0.3 is 5.32 Å². The predicted octanol–water partition coefficient (Wildman–Crippen LogP) is 4.03. The summed E-state index contributed by atoms with van der Waals surface area (Å²) in [6.45, 7) is 2.39. The number of rotatable bonds is 2. The van der Waals surface area contributed by atoms with E-state index in [0.717, 1.165) is 11.8 Å². The van der Waals surface area contributed by atoms with Crippen molar-refractivity contribution in [1.29, 1.82) is 0 Å². The van der Waals surface area contributed by atoms with Crippen molar-refractivity contribution in [1.82, 2.24) is 10.3 Å². The molecule has 1 saturated carbocycles. The normalized spacial score (nSPS) is 32.2. The van der Waals surface area contributed by atoms with Crippen LogP contribution in [0.2, 0.25) is 0 Å². The van der Waals surface area contributed by atoms with Gasteiger partial charge in [0.15, 0.2) is 0 Å². The molecule has 100 valence electrons. The van der Waals surface area contributed by atoms with Crippen molar-refractivity contribution in [3.05, 3.63) is 15.6 Å². The van der Waals surface area contributed by atoms with Gasteiger partial charge in [-0.15, -0.1) is 11.3 Å². The zero-order chi connectivity index (χ0) is 12.5. The van der Waals surface area contributed by atoms with Crippen molar-refractivity contribution in [2.75, 3.05) is 7.05 Å². The van der Waals surface area contributed by atoms with E-state index in [9.17, 15) is 0 Å². The van der Waals surface area contributed by atoms with Crippen LogP contribution in [0.15, 0.2) is 0 Å². The third kappa shape index (κ3) is 2.35. The highest BCUT2D eigenvalue weighted by Gasteiger charge is 2.27. The Labute approximate surface area is 114 Å². The van der Waals surface area contributed by atoms with Crippen LogP contribution in [0.1, 0.15) is 73.0 Å². The van der Waals surface area contributed by atoms with Gasteiger partial charge in [-0.25, -0.2) is 4.98 Å². The van der Waals surface area contributed by atoms with Crippen molar-refractivity contribution in [2.45, 2.75) is 63.8 Å². The Morgan fingerprint density at radius 2 is 1.94 bits per heavy atom. The fourth-order valence-electron chi connectivity index (χ4n) is 3.40. The molecule has 1 atom stereocenters. The fraction of sp³-hybridized carbons (Fsp3) is 0.800. The van der Waals surface area contributed by atoms with Gasteiger partial charge >= 0.3 is 0 Å². The standard InChI is InChI=1S/C15H24N2S/c1-10-6-8-11(9-7-10)15-17-14-12(16-2)4-3-5-13(14)18-15/h10-12,16H,3-9H2,1-2H3. The summed E-state index contributed by atoms with van der Waals surface area (Å²) in [4.78, 5) is 6.57. The minimum atomic E-state index is 0.515. The predicted molar refractivity (Wildman–Crippen MR) is 77.2 cm³/mol. The second-order valence-corrected chi connectivity index (χ2v) is 7.17. The number of hydrogen-bond acceptors (Lipinski definition) is 3. The number of aryl methyl sites for hydroxylation is 1. The van der Waals surface area contributed by atoms with E-state index < -0.39 is 0 Å². The van der Waals surface area contributed by atoms with Crippen LogP contribution in [-0.2, 0) is 6.42 Å². The van der Waals surface area contributed by atoms with E-state index in [2.05, 4.69) is 19.3 Å². The molecule has 0 radical (unpaired) electrons. The van der Waals surface area contributed by atoms with Crippen LogP contribution in [0.4, 0.5) is 0 Å². The highest BCUT2D eigenvalue weighted by molar-refractivity contribution is 7.11. The van der Waals surface area contributed by atoms with Crippen LogP contribution in [0.25, 0.3) is 0 Å². The molecule has 3 heteroatoms. The van der Waals surface area contributed by atoms with E-state index in [1.807, 2.05) is 11.3 Å². The number of nitrogens with zero attached hydrogens (tertiary/aromatic N) is 1. The second-order valence-electron chi connectivity index (χ2n) is 6.05. The first-order chi connectivity index (χ1) is 8.78. The summed E-state index contributed by atoms with van der Waals surface area (Å²) in [6.07, 6.45) is 9.34. The number of nitrogens with one attached hydrogen (secondary N) is 1. The maximum atomic E-state index is 5.01. The molecule has 2 nitrogen and oxygen atoms in total. The fourth-order valence-corrected chi connectivity index (χ4v) is 4.74. The Kier molecular flexibility index (Phi) is 3.71. The van der Waals surface area contributed by atoms with Crippen LogP contribution >= 0.6 is 11.3 Å². The zero-order valence-corrected chi connectivity index (χ0v) is 12.4. The van der Waals surface area contributed by atoms with Crippen molar-refractivity contribution >= 4 is 11.3 Å². The van der Waals surface area contributed by atoms with Crippen LogP contribution in [0.3, 0.4) is 0 Å². The molecule has 1 aromatic heterocycles. The van der Waals surface area contributed by atoms with Gasteiger partial charge in [0.25, 0.3) is 0 Å². The van der Waals surface area contributed by atoms with Gasteiger partial charge in [-0.2, -0.15) is 0 Å². The number of aromatic nitrogens is 1. The summed E-state index contributed by atoms with van der Waals surface area (Å²) < 4.78 is 0. The monoisotopic (exact) mass is 264 g/mol. The van der Waals surface area contributed by atoms with E-state index >= 15 is 0 Å². The third-order valence-electron chi connectivity index (χ3n) is 4.68. The highest BCUT2D eigenvalue weighted by Crippen LogP contribution is 2.41. The van der Waals surface area contributed by atoms with E-state index in [4.69, 9.17) is 4.98 Å². The molecule has 1 fully saturated rings.